The molecular formula is C15H21FN2O3. The molecule has 5 nitrogen and oxygen atoms in total. The molecule has 1 atom stereocenters. The molecule has 6 heteroatoms. The van der Waals surface area contributed by atoms with E-state index in [1.54, 1.807) is 33.8 Å². The molecule has 1 aromatic rings. The second kappa shape index (κ2) is 7.06. The minimum atomic E-state index is -0.583. The maximum absolute atomic E-state index is 13.4. The van der Waals surface area contributed by atoms with Gasteiger partial charge in [-0.2, -0.15) is 0 Å². The number of halogens is 1. The van der Waals surface area contributed by atoms with E-state index in [1.165, 1.54) is 18.2 Å². The fourth-order valence-corrected chi connectivity index (χ4v) is 1.55. The predicted octanol–water partition coefficient (Wildman–Crippen LogP) is 2.47. The highest BCUT2D eigenvalue weighted by Gasteiger charge is 2.18. The molecule has 0 aromatic heterocycles. The van der Waals surface area contributed by atoms with E-state index in [1.807, 2.05) is 0 Å². The molecule has 1 rings (SSSR count). The lowest BCUT2D eigenvalue weighted by molar-refractivity contribution is 0.0506. The van der Waals surface area contributed by atoms with E-state index in [4.69, 9.17) is 4.74 Å². The van der Waals surface area contributed by atoms with E-state index >= 15 is 0 Å². The summed E-state index contributed by atoms with van der Waals surface area (Å²) >= 11 is 0. The molecule has 0 radical (unpaired) electrons. The first-order valence-electron chi connectivity index (χ1n) is 6.71. The van der Waals surface area contributed by atoms with Crippen molar-refractivity contribution in [2.75, 3.05) is 6.54 Å². The molecule has 0 bridgehead atoms. The van der Waals surface area contributed by atoms with Crippen LogP contribution in [-0.2, 0) is 4.74 Å². The van der Waals surface area contributed by atoms with E-state index < -0.39 is 23.4 Å². The van der Waals surface area contributed by atoms with Crippen LogP contribution in [0.5, 0.6) is 0 Å². The standard InChI is InChI=1S/C15H21FN2O3/c1-10(18-14(20)21-15(2,3)4)9-17-13(19)11-7-5-6-8-12(11)16/h5-8,10H,9H2,1-4H3,(H,17,19)(H,18,20)/t10-/m0/s1. The first-order valence-corrected chi connectivity index (χ1v) is 6.71. The molecule has 0 aliphatic carbocycles. The number of carbonyl (C=O) groups is 2. The van der Waals surface area contributed by atoms with Crippen LogP contribution in [0.1, 0.15) is 38.1 Å². The third-order valence-electron chi connectivity index (χ3n) is 2.45. The third-order valence-corrected chi connectivity index (χ3v) is 2.45. The molecule has 2 amide bonds. The zero-order valence-corrected chi connectivity index (χ0v) is 12.7. The number of benzene rings is 1. The van der Waals surface area contributed by atoms with E-state index in [9.17, 15) is 14.0 Å². The molecular weight excluding hydrogens is 275 g/mol. The Balaban J connectivity index is 2.43. The topological polar surface area (TPSA) is 67.4 Å². The summed E-state index contributed by atoms with van der Waals surface area (Å²) in [5.74, 6) is -1.10. The summed E-state index contributed by atoms with van der Waals surface area (Å²) in [4.78, 5) is 23.3. The molecule has 0 unspecified atom stereocenters. The summed E-state index contributed by atoms with van der Waals surface area (Å²) in [7, 11) is 0. The van der Waals surface area contributed by atoms with Crippen molar-refractivity contribution in [3.63, 3.8) is 0 Å². The van der Waals surface area contributed by atoms with Gasteiger partial charge >= 0.3 is 6.09 Å². The van der Waals surface area contributed by atoms with E-state index in [2.05, 4.69) is 10.6 Å². The monoisotopic (exact) mass is 296 g/mol. The highest BCUT2D eigenvalue weighted by atomic mass is 19.1. The summed E-state index contributed by atoms with van der Waals surface area (Å²) < 4.78 is 18.5. The fourth-order valence-electron chi connectivity index (χ4n) is 1.55. The fraction of sp³-hybridized carbons (Fsp3) is 0.467. The van der Waals surface area contributed by atoms with Crippen molar-refractivity contribution >= 4 is 12.0 Å². The number of carbonyl (C=O) groups excluding carboxylic acids is 2. The van der Waals surface area contributed by atoms with Crippen LogP contribution < -0.4 is 10.6 Å². The Bertz CT molecular complexity index is 512. The van der Waals surface area contributed by atoms with Gasteiger partial charge in [0, 0.05) is 12.6 Å². The van der Waals surface area contributed by atoms with Crippen LogP contribution in [0, 0.1) is 5.82 Å². The molecule has 0 saturated carbocycles. The largest absolute Gasteiger partial charge is 0.444 e. The van der Waals surface area contributed by atoms with Crippen molar-refractivity contribution in [3.05, 3.63) is 35.6 Å². The third kappa shape index (κ3) is 6.25. The van der Waals surface area contributed by atoms with Gasteiger partial charge in [0.15, 0.2) is 0 Å². The highest BCUT2D eigenvalue weighted by molar-refractivity contribution is 5.94. The van der Waals surface area contributed by atoms with Gasteiger partial charge in [-0.1, -0.05) is 12.1 Å². The Hall–Kier alpha value is -2.11. The van der Waals surface area contributed by atoms with Crippen LogP contribution in [0.2, 0.25) is 0 Å². The average Bonchev–Trinajstić information content (AvgIpc) is 2.34. The van der Waals surface area contributed by atoms with Gasteiger partial charge in [-0.05, 0) is 39.8 Å². The molecule has 0 aliphatic heterocycles. The highest BCUT2D eigenvalue weighted by Crippen LogP contribution is 2.07. The van der Waals surface area contributed by atoms with E-state index in [-0.39, 0.29) is 18.2 Å². The van der Waals surface area contributed by atoms with Crippen LogP contribution in [0.25, 0.3) is 0 Å². The van der Waals surface area contributed by atoms with Crippen molar-refractivity contribution in [1.29, 1.82) is 0 Å². The number of nitrogens with one attached hydrogen (secondary N) is 2. The van der Waals surface area contributed by atoms with E-state index in [0.717, 1.165) is 0 Å². The predicted molar refractivity (Wildman–Crippen MR) is 77.6 cm³/mol. The molecule has 116 valence electrons. The molecule has 2 N–H and O–H groups in total. The lowest BCUT2D eigenvalue weighted by Gasteiger charge is -2.22. The first kappa shape index (κ1) is 16.9. The Kier molecular flexibility index (Phi) is 5.69. The minimum Gasteiger partial charge on any atom is -0.444 e. The summed E-state index contributed by atoms with van der Waals surface area (Å²) in [5, 5.41) is 5.15. The number of ether oxygens (including phenoxy) is 1. The van der Waals surface area contributed by atoms with Gasteiger partial charge in [0.2, 0.25) is 0 Å². The SMILES string of the molecule is C[C@@H](CNC(=O)c1ccccc1F)NC(=O)OC(C)(C)C. The maximum atomic E-state index is 13.4. The van der Waals surface area contributed by atoms with Crippen molar-refractivity contribution in [3.8, 4) is 0 Å². The summed E-state index contributed by atoms with van der Waals surface area (Å²) in [6.07, 6.45) is -0.560. The second-order valence-electron chi connectivity index (χ2n) is 5.74. The molecule has 0 fully saturated rings. The molecule has 0 heterocycles. The molecule has 0 spiro atoms. The Morgan fingerprint density at radius 3 is 2.48 bits per heavy atom. The lowest BCUT2D eigenvalue weighted by Crippen LogP contribution is -2.44. The minimum absolute atomic E-state index is 0.0260. The molecule has 1 aromatic carbocycles. The van der Waals surface area contributed by atoms with Crippen LogP contribution in [0.15, 0.2) is 24.3 Å². The summed E-state index contributed by atoms with van der Waals surface area (Å²) in [5.41, 5.74) is -0.609. The smallest absolute Gasteiger partial charge is 0.407 e. The zero-order valence-electron chi connectivity index (χ0n) is 12.7. The van der Waals surface area contributed by atoms with Gasteiger partial charge in [0.05, 0.1) is 5.56 Å². The van der Waals surface area contributed by atoms with Gasteiger partial charge < -0.3 is 15.4 Å². The normalized spacial score (nSPS) is 12.4. The number of rotatable bonds is 4. The Morgan fingerprint density at radius 2 is 1.90 bits per heavy atom. The Labute approximate surface area is 123 Å². The second-order valence-corrected chi connectivity index (χ2v) is 5.74. The van der Waals surface area contributed by atoms with Crippen molar-refractivity contribution in [2.45, 2.75) is 39.3 Å². The van der Waals surface area contributed by atoms with Gasteiger partial charge in [0.25, 0.3) is 5.91 Å². The van der Waals surface area contributed by atoms with Crippen molar-refractivity contribution in [2.24, 2.45) is 0 Å². The molecule has 21 heavy (non-hydrogen) atoms. The van der Waals surface area contributed by atoms with Gasteiger partial charge in [0.1, 0.15) is 11.4 Å². The number of hydrogen-bond acceptors (Lipinski definition) is 3. The number of alkyl carbamates (subject to hydrolysis) is 1. The lowest BCUT2D eigenvalue weighted by atomic mass is 10.2. The molecule has 0 saturated heterocycles. The van der Waals surface area contributed by atoms with Gasteiger partial charge in [-0.15, -0.1) is 0 Å². The quantitative estimate of drug-likeness (QED) is 0.897. The van der Waals surface area contributed by atoms with Crippen LogP contribution >= 0.6 is 0 Å². The molecule has 0 aliphatic rings. The van der Waals surface area contributed by atoms with Gasteiger partial charge in [-0.3, -0.25) is 4.79 Å². The van der Waals surface area contributed by atoms with Crippen LogP contribution in [0.4, 0.5) is 9.18 Å². The van der Waals surface area contributed by atoms with Crippen molar-refractivity contribution < 1.29 is 18.7 Å². The number of amides is 2. The van der Waals surface area contributed by atoms with Crippen LogP contribution in [0.3, 0.4) is 0 Å². The summed E-state index contributed by atoms with van der Waals surface area (Å²) in [6.45, 7) is 7.17. The summed E-state index contributed by atoms with van der Waals surface area (Å²) in [6, 6.07) is 5.38. The Morgan fingerprint density at radius 1 is 1.29 bits per heavy atom. The number of hydrogen-bond donors (Lipinski definition) is 2. The van der Waals surface area contributed by atoms with Crippen LogP contribution in [-0.4, -0.2) is 30.2 Å². The maximum Gasteiger partial charge on any atom is 0.407 e. The van der Waals surface area contributed by atoms with Gasteiger partial charge in [-0.25, -0.2) is 9.18 Å². The first-order chi connectivity index (χ1) is 9.69. The zero-order chi connectivity index (χ0) is 16.0. The van der Waals surface area contributed by atoms with E-state index in [0.29, 0.717) is 0 Å². The van der Waals surface area contributed by atoms with Crippen molar-refractivity contribution in [1.82, 2.24) is 10.6 Å². The average molecular weight is 296 g/mol.